The third kappa shape index (κ3) is 2.66. The van der Waals surface area contributed by atoms with Crippen LogP contribution in [0.1, 0.15) is 19.3 Å². The number of fused-ring (bicyclic) bond motifs is 1. The van der Waals surface area contributed by atoms with E-state index < -0.39 is 0 Å². The van der Waals surface area contributed by atoms with Gasteiger partial charge in [0.15, 0.2) is 5.82 Å². The number of benzene rings is 1. The standard InChI is InChI=1S/C19H18ClN3OS/c20-17-14-3-1-2-4-15(14)25-18(17)19-21-7-8-22(19)10-12-9-16(24)23(11-12)13-5-6-13/h1-4,7-8,12-13H,5-6,9-11H2/t12-/m0/s1. The molecule has 0 spiro atoms. The van der Waals surface area contributed by atoms with Crippen molar-refractivity contribution in [2.24, 2.45) is 5.92 Å². The van der Waals surface area contributed by atoms with E-state index in [9.17, 15) is 4.79 Å². The van der Waals surface area contributed by atoms with Crippen molar-refractivity contribution in [1.82, 2.24) is 14.5 Å². The maximum Gasteiger partial charge on any atom is 0.223 e. The van der Waals surface area contributed by atoms with Crippen LogP contribution < -0.4 is 0 Å². The van der Waals surface area contributed by atoms with Crippen molar-refractivity contribution < 1.29 is 4.79 Å². The number of aromatic nitrogens is 2. The van der Waals surface area contributed by atoms with Crippen LogP contribution >= 0.6 is 22.9 Å². The molecule has 6 heteroatoms. The lowest BCUT2D eigenvalue weighted by Gasteiger charge is -2.16. The van der Waals surface area contributed by atoms with Gasteiger partial charge in [-0.15, -0.1) is 11.3 Å². The topological polar surface area (TPSA) is 38.1 Å². The van der Waals surface area contributed by atoms with Gasteiger partial charge >= 0.3 is 0 Å². The molecule has 1 aliphatic carbocycles. The third-order valence-corrected chi connectivity index (χ3v) is 6.81. The molecule has 1 saturated carbocycles. The van der Waals surface area contributed by atoms with Crippen LogP contribution in [0.15, 0.2) is 36.7 Å². The number of amides is 1. The molecule has 3 aromatic rings. The van der Waals surface area contributed by atoms with Gasteiger partial charge in [-0.25, -0.2) is 4.98 Å². The number of hydrogen-bond acceptors (Lipinski definition) is 3. The predicted molar refractivity (Wildman–Crippen MR) is 101 cm³/mol. The molecule has 4 nitrogen and oxygen atoms in total. The van der Waals surface area contributed by atoms with Gasteiger partial charge in [0.1, 0.15) is 0 Å². The fourth-order valence-electron chi connectivity index (χ4n) is 3.77. The van der Waals surface area contributed by atoms with Crippen LogP contribution in [0.25, 0.3) is 20.8 Å². The van der Waals surface area contributed by atoms with Crippen LogP contribution in [0.5, 0.6) is 0 Å². The second-order valence-corrected chi connectivity index (χ2v) is 8.42. The summed E-state index contributed by atoms with van der Waals surface area (Å²) >= 11 is 8.31. The number of carbonyl (C=O) groups is 1. The number of imidazole rings is 1. The van der Waals surface area contributed by atoms with Gasteiger partial charge in [-0.3, -0.25) is 4.79 Å². The lowest BCUT2D eigenvalue weighted by Crippen LogP contribution is -2.27. The smallest absolute Gasteiger partial charge is 0.223 e. The first-order chi connectivity index (χ1) is 12.2. The first-order valence-corrected chi connectivity index (χ1v) is 9.88. The van der Waals surface area contributed by atoms with Gasteiger partial charge in [0.2, 0.25) is 5.91 Å². The largest absolute Gasteiger partial charge is 0.339 e. The Morgan fingerprint density at radius 1 is 1.28 bits per heavy atom. The van der Waals surface area contributed by atoms with Crippen LogP contribution in [0.2, 0.25) is 5.02 Å². The molecule has 2 fully saturated rings. The molecule has 128 valence electrons. The second-order valence-electron chi connectivity index (χ2n) is 6.99. The highest BCUT2D eigenvalue weighted by molar-refractivity contribution is 7.23. The quantitative estimate of drug-likeness (QED) is 0.680. The molecule has 2 aromatic heterocycles. The van der Waals surface area contributed by atoms with E-state index in [4.69, 9.17) is 11.6 Å². The molecule has 0 radical (unpaired) electrons. The Morgan fingerprint density at radius 2 is 2.12 bits per heavy atom. The maximum atomic E-state index is 12.2. The molecule has 1 saturated heterocycles. The summed E-state index contributed by atoms with van der Waals surface area (Å²) in [6.07, 6.45) is 6.82. The van der Waals surface area contributed by atoms with Crippen molar-refractivity contribution in [2.45, 2.75) is 31.8 Å². The molecule has 2 aliphatic rings. The fourth-order valence-corrected chi connectivity index (χ4v) is 5.30. The van der Waals surface area contributed by atoms with E-state index in [2.05, 4.69) is 20.5 Å². The molecule has 1 aliphatic heterocycles. The van der Waals surface area contributed by atoms with Crippen LogP contribution in [0.3, 0.4) is 0 Å². The lowest BCUT2D eigenvalue weighted by atomic mass is 10.1. The number of likely N-dealkylation sites (tertiary alicyclic amines) is 1. The van der Waals surface area contributed by atoms with E-state index in [-0.39, 0.29) is 0 Å². The zero-order valence-electron chi connectivity index (χ0n) is 13.7. The van der Waals surface area contributed by atoms with Gasteiger partial charge in [-0.2, -0.15) is 0 Å². The Morgan fingerprint density at radius 3 is 2.92 bits per heavy atom. The summed E-state index contributed by atoms with van der Waals surface area (Å²) in [6, 6.07) is 8.69. The maximum absolute atomic E-state index is 12.2. The summed E-state index contributed by atoms with van der Waals surface area (Å²) in [5.74, 6) is 1.58. The average molecular weight is 372 g/mol. The summed E-state index contributed by atoms with van der Waals surface area (Å²) in [4.78, 5) is 19.9. The summed E-state index contributed by atoms with van der Waals surface area (Å²) < 4.78 is 3.33. The van der Waals surface area contributed by atoms with Gasteiger partial charge in [0.05, 0.1) is 9.90 Å². The van der Waals surface area contributed by atoms with E-state index in [1.54, 1.807) is 11.3 Å². The van der Waals surface area contributed by atoms with Gasteiger partial charge in [0, 0.05) is 53.9 Å². The van der Waals surface area contributed by atoms with Crippen LogP contribution in [-0.2, 0) is 11.3 Å². The summed E-state index contributed by atoms with van der Waals surface area (Å²) in [7, 11) is 0. The second kappa shape index (κ2) is 5.85. The summed E-state index contributed by atoms with van der Waals surface area (Å²) in [5, 5.41) is 1.85. The molecular formula is C19H18ClN3OS. The van der Waals surface area contributed by atoms with E-state index in [1.807, 2.05) is 30.6 Å². The number of hydrogen-bond donors (Lipinski definition) is 0. The minimum Gasteiger partial charge on any atom is -0.339 e. The van der Waals surface area contributed by atoms with E-state index in [1.165, 1.54) is 17.5 Å². The Hall–Kier alpha value is -1.85. The van der Waals surface area contributed by atoms with Crippen molar-refractivity contribution in [1.29, 1.82) is 0 Å². The fraction of sp³-hybridized carbons (Fsp3) is 0.368. The minimum absolute atomic E-state index is 0.314. The van der Waals surface area contributed by atoms with Gasteiger partial charge in [0.25, 0.3) is 0 Å². The Balaban J connectivity index is 1.44. The zero-order valence-corrected chi connectivity index (χ0v) is 15.3. The number of nitrogens with zero attached hydrogens (tertiary/aromatic N) is 3. The monoisotopic (exact) mass is 371 g/mol. The molecule has 0 bridgehead atoms. The third-order valence-electron chi connectivity index (χ3n) is 5.13. The van der Waals surface area contributed by atoms with Crippen LogP contribution in [-0.4, -0.2) is 32.9 Å². The molecule has 0 unspecified atom stereocenters. The predicted octanol–water partition coefficient (Wildman–Crippen LogP) is 4.43. The summed E-state index contributed by atoms with van der Waals surface area (Å²) in [5.41, 5.74) is 0. The lowest BCUT2D eigenvalue weighted by molar-refractivity contribution is -0.128. The van der Waals surface area contributed by atoms with Gasteiger partial charge in [-0.1, -0.05) is 29.8 Å². The molecule has 1 atom stereocenters. The van der Waals surface area contributed by atoms with Crippen molar-refractivity contribution in [2.75, 3.05) is 6.54 Å². The molecule has 5 rings (SSSR count). The number of halogens is 1. The van der Waals surface area contributed by atoms with E-state index >= 15 is 0 Å². The Labute approximate surface area is 155 Å². The van der Waals surface area contributed by atoms with Crippen LogP contribution in [0.4, 0.5) is 0 Å². The molecule has 3 heterocycles. The molecular weight excluding hydrogens is 354 g/mol. The Bertz CT molecular complexity index is 959. The minimum atomic E-state index is 0.314. The summed E-state index contributed by atoms with van der Waals surface area (Å²) in [6.45, 7) is 1.69. The molecule has 1 amide bonds. The number of rotatable bonds is 4. The molecule has 1 aromatic carbocycles. The van der Waals surface area contributed by atoms with Crippen molar-refractivity contribution in [3.8, 4) is 10.7 Å². The van der Waals surface area contributed by atoms with E-state index in [0.717, 1.165) is 34.2 Å². The van der Waals surface area contributed by atoms with Crippen molar-refractivity contribution in [3.63, 3.8) is 0 Å². The highest BCUT2D eigenvalue weighted by Gasteiger charge is 2.39. The first-order valence-electron chi connectivity index (χ1n) is 8.68. The molecule has 25 heavy (non-hydrogen) atoms. The number of thiophene rings is 1. The first kappa shape index (κ1) is 15.4. The SMILES string of the molecule is O=C1C[C@@H](Cn2ccnc2-c2sc3ccccc3c2Cl)CN1C1CC1. The zero-order chi connectivity index (χ0) is 17.0. The van der Waals surface area contributed by atoms with Gasteiger partial charge < -0.3 is 9.47 Å². The molecule has 0 N–H and O–H groups in total. The van der Waals surface area contributed by atoms with E-state index in [0.29, 0.717) is 24.3 Å². The van der Waals surface area contributed by atoms with Gasteiger partial charge in [-0.05, 0) is 18.9 Å². The Kier molecular flexibility index (Phi) is 3.61. The number of carbonyl (C=O) groups excluding carboxylic acids is 1. The highest BCUT2D eigenvalue weighted by atomic mass is 35.5. The van der Waals surface area contributed by atoms with Crippen LogP contribution in [0, 0.1) is 5.92 Å². The van der Waals surface area contributed by atoms with Crippen molar-refractivity contribution >= 4 is 38.9 Å². The average Bonchev–Trinajstić information content (AvgIpc) is 3.11. The van der Waals surface area contributed by atoms with Crippen molar-refractivity contribution in [3.05, 3.63) is 41.7 Å². The highest BCUT2D eigenvalue weighted by Crippen LogP contribution is 2.41. The normalized spacial score (nSPS) is 20.8.